The number of carboxylic acid groups (broad SMARTS) is 1. The van der Waals surface area contributed by atoms with Crippen LogP contribution in [-0.2, 0) is 17.8 Å². The first-order chi connectivity index (χ1) is 18.8. The summed E-state index contributed by atoms with van der Waals surface area (Å²) in [4.78, 5) is 27.5. The van der Waals surface area contributed by atoms with Gasteiger partial charge in [0.1, 0.15) is 11.3 Å². The van der Waals surface area contributed by atoms with E-state index < -0.39 is 11.8 Å². The molecule has 39 heavy (non-hydrogen) atoms. The van der Waals surface area contributed by atoms with Crippen molar-refractivity contribution in [3.8, 4) is 0 Å². The number of carbonyl (C=O) groups is 2. The van der Waals surface area contributed by atoms with Crippen molar-refractivity contribution in [2.24, 2.45) is 0 Å². The van der Waals surface area contributed by atoms with Crippen LogP contribution in [0.25, 0.3) is 11.0 Å². The van der Waals surface area contributed by atoms with Crippen LogP contribution in [0.4, 0.5) is 4.39 Å². The van der Waals surface area contributed by atoms with Crippen LogP contribution >= 0.6 is 0 Å². The molecule has 1 saturated heterocycles. The van der Waals surface area contributed by atoms with Crippen LogP contribution in [0.5, 0.6) is 0 Å². The first kappa shape index (κ1) is 25.2. The molecule has 6 rings (SSSR count). The molecule has 1 aromatic heterocycles. The number of carboxylic acids is 1. The van der Waals surface area contributed by atoms with Gasteiger partial charge < -0.3 is 10.0 Å². The highest BCUT2D eigenvalue weighted by molar-refractivity contribution is 5.95. The van der Waals surface area contributed by atoms with Crippen LogP contribution in [0.2, 0.25) is 0 Å². The molecule has 3 atom stereocenters. The molecule has 7 nitrogen and oxygen atoms in total. The second-order valence-corrected chi connectivity index (χ2v) is 10.8. The predicted molar refractivity (Wildman–Crippen MR) is 145 cm³/mol. The van der Waals surface area contributed by atoms with E-state index in [1.165, 1.54) is 11.6 Å². The number of rotatable bonds is 6. The smallest absolute Gasteiger partial charge is 0.304 e. The van der Waals surface area contributed by atoms with E-state index in [4.69, 9.17) is 0 Å². The maximum absolute atomic E-state index is 14.7. The van der Waals surface area contributed by atoms with Gasteiger partial charge >= 0.3 is 5.97 Å². The lowest BCUT2D eigenvalue weighted by Gasteiger charge is -2.37. The Balaban J connectivity index is 1.41. The number of aromatic nitrogens is 3. The Hall–Kier alpha value is -4.07. The molecule has 2 aliphatic heterocycles. The monoisotopic (exact) mass is 526 g/mol. The van der Waals surface area contributed by atoms with Crippen molar-refractivity contribution in [2.45, 2.75) is 71.0 Å². The van der Waals surface area contributed by atoms with E-state index >= 15 is 0 Å². The van der Waals surface area contributed by atoms with E-state index in [1.807, 2.05) is 48.6 Å². The first-order valence-electron chi connectivity index (χ1n) is 13.5. The van der Waals surface area contributed by atoms with Gasteiger partial charge in [-0.25, -0.2) is 9.07 Å². The lowest BCUT2D eigenvalue weighted by atomic mass is 9.82. The molecule has 3 aromatic carbocycles. The summed E-state index contributed by atoms with van der Waals surface area (Å²) < 4.78 is 16.5. The maximum Gasteiger partial charge on any atom is 0.304 e. The molecule has 0 aliphatic carbocycles. The number of halogens is 1. The summed E-state index contributed by atoms with van der Waals surface area (Å²) in [6.45, 7) is 6.53. The molecule has 2 bridgehead atoms. The van der Waals surface area contributed by atoms with Crippen LogP contribution < -0.4 is 0 Å². The average Bonchev–Trinajstić information content (AvgIpc) is 3.49. The Morgan fingerprint density at radius 1 is 1.10 bits per heavy atom. The lowest BCUT2D eigenvalue weighted by molar-refractivity contribution is -0.137. The minimum Gasteiger partial charge on any atom is -0.481 e. The SMILES string of the molecule is CCn1nnc2c(C)c([C@H](CC(=O)O)c3ccc4c(c3)[C@H]3CC[C@@H](C4)N3C(=O)c3cc(C)ccc3F)ccc21. The zero-order valence-corrected chi connectivity index (χ0v) is 22.3. The van der Waals surface area contributed by atoms with E-state index in [2.05, 4.69) is 22.4 Å². The van der Waals surface area contributed by atoms with Crippen molar-refractivity contribution >= 4 is 22.9 Å². The van der Waals surface area contributed by atoms with Gasteiger partial charge in [0, 0.05) is 18.5 Å². The number of amides is 1. The van der Waals surface area contributed by atoms with Gasteiger partial charge in [0.25, 0.3) is 5.91 Å². The second kappa shape index (κ2) is 9.59. The molecular formula is C31H31FN4O3. The molecule has 0 spiro atoms. The summed E-state index contributed by atoms with van der Waals surface area (Å²) in [6.07, 6.45) is 2.29. The van der Waals surface area contributed by atoms with Crippen molar-refractivity contribution in [2.75, 3.05) is 0 Å². The van der Waals surface area contributed by atoms with Gasteiger partial charge in [-0.15, -0.1) is 5.10 Å². The van der Waals surface area contributed by atoms with Crippen molar-refractivity contribution in [1.82, 2.24) is 19.9 Å². The quantitative estimate of drug-likeness (QED) is 0.347. The molecule has 4 aromatic rings. The number of fused-ring (bicyclic) bond motifs is 5. The fraction of sp³-hybridized carbons (Fsp3) is 0.355. The Morgan fingerprint density at radius 2 is 1.92 bits per heavy atom. The summed E-state index contributed by atoms with van der Waals surface area (Å²) in [5.74, 6) is -2.05. The van der Waals surface area contributed by atoms with Gasteiger partial charge in [0.15, 0.2) is 0 Å². The predicted octanol–water partition coefficient (Wildman–Crippen LogP) is 5.72. The third kappa shape index (κ3) is 4.18. The molecular weight excluding hydrogens is 495 g/mol. The number of hydrogen-bond acceptors (Lipinski definition) is 4. The molecule has 0 unspecified atom stereocenters. The van der Waals surface area contributed by atoms with E-state index in [-0.39, 0.29) is 35.9 Å². The molecule has 1 amide bonds. The molecule has 1 N–H and O–H groups in total. The molecule has 2 aliphatic rings. The van der Waals surface area contributed by atoms with Crippen molar-refractivity contribution < 1.29 is 19.1 Å². The highest BCUT2D eigenvalue weighted by Crippen LogP contribution is 2.46. The second-order valence-electron chi connectivity index (χ2n) is 10.8. The van der Waals surface area contributed by atoms with Crippen LogP contribution in [0.15, 0.2) is 48.5 Å². The molecule has 1 fully saturated rings. The normalized spacial score (nSPS) is 18.8. The Morgan fingerprint density at radius 3 is 2.69 bits per heavy atom. The maximum atomic E-state index is 14.7. The topological polar surface area (TPSA) is 88.3 Å². The van der Waals surface area contributed by atoms with E-state index in [9.17, 15) is 19.1 Å². The zero-order chi connectivity index (χ0) is 27.4. The Kier molecular flexibility index (Phi) is 6.20. The number of aryl methyl sites for hydroxylation is 3. The first-order valence-corrected chi connectivity index (χ1v) is 13.5. The van der Waals surface area contributed by atoms with Crippen molar-refractivity contribution in [1.29, 1.82) is 0 Å². The van der Waals surface area contributed by atoms with Crippen molar-refractivity contribution in [3.63, 3.8) is 0 Å². The molecule has 8 heteroatoms. The lowest BCUT2D eigenvalue weighted by Crippen LogP contribution is -2.42. The fourth-order valence-electron chi connectivity index (χ4n) is 6.59. The standard InChI is InChI=1S/C31H31FN4O3/c1-4-35-28-12-9-22(18(3)30(28)33-34-35)23(16-29(37)38)20-7-6-19-14-21-8-11-27(24(19)15-20)36(21)31(39)25-13-17(2)5-10-26(25)32/h5-7,9-10,12-13,15,21,23,27H,4,8,11,14,16H2,1-3H3,(H,37,38)/t21-,23+,27+/m0/s1. The number of nitrogens with zero attached hydrogens (tertiary/aromatic N) is 4. The van der Waals surface area contributed by atoms with Gasteiger partial charge in [-0.3, -0.25) is 9.59 Å². The van der Waals surface area contributed by atoms with Gasteiger partial charge in [0.05, 0.1) is 23.5 Å². The van der Waals surface area contributed by atoms with Gasteiger partial charge in [0.2, 0.25) is 0 Å². The molecule has 200 valence electrons. The van der Waals surface area contributed by atoms with Crippen LogP contribution in [0.1, 0.15) is 81.9 Å². The number of aliphatic carboxylic acids is 1. The van der Waals surface area contributed by atoms with Crippen LogP contribution in [-0.4, -0.2) is 42.9 Å². The third-order valence-corrected chi connectivity index (χ3v) is 8.51. The van der Waals surface area contributed by atoms with E-state index in [0.717, 1.165) is 51.7 Å². The third-order valence-electron chi connectivity index (χ3n) is 8.51. The fourth-order valence-corrected chi connectivity index (χ4v) is 6.59. The van der Waals surface area contributed by atoms with Crippen LogP contribution in [0.3, 0.4) is 0 Å². The van der Waals surface area contributed by atoms with E-state index in [0.29, 0.717) is 13.0 Å². The summed E-state index contributed by atoms with van der Waals surface area (Å²) in [6, 6.07) is 14.7. The largest absolute Gasteiger partial charge is 0.481 e. The van der Waals surface area contributed by atoms with Gasteiger partial charge in [-0.05, 0) is 86.1 Å². The minimum absolute atomic E-state index is 0.0291. The molecule has 0 radical (unpaired) electrons. The summed E-state index contributed by atoms with van der Waals surface area (Å²) in [5, 5.41) is 18.5. The zero-order valence-electron chi connectivity index (χ0n) is 22.3. The molecule has 0 saturated carbocycles. The van der Waals surface area contributed by atoms with Gasteiger partial charge in [-0.1, -0.05) is 41.1 Å². The average molecular weight is 527 g/mol. The van der Waals surface area contributed by atoms with E-state index in [1.54, 1.807) is 12.1 Å². The summed E-state index contributed by atoms with van der Waals surface area (Å²) in [5.41, 5.74) is 7.58. The Bertz CT molecular complexity index is 1630. The number of carbonyl (C=O) groups excluding carboxylic acids is 1. The van der Waals surface area contributed by atoms with Crippen LogP contribution in [0, 0.1) is 19.7 Å². The van der Waals surface area contributed by atoms with Gasteiger partial charge in [-0.2, -0.15) is 0 Å². The summed E-state index contributed by atoms with van der Waals surface area (Å²) >= 11 is 0. The Labute approximate surface area is 226 Å². The number of benzene rings is 3. The highest BCUT2D eigenvalue weighted by atomic mass is 19.1. The highest BCUT2D eigenvalue weighted by Gasteiger charge is 2.43. The molecule has 3 heterocycles. The van der Waals surface area contributed by atoms with Crippen molar-refractivity contribution in [3.05, 3.63) is 93.3 Å². The summed E-state index contributed by atoms with van der Waals surface area (Å²) in [7, 11) is 0. The number of hydrogen-bond donors (Lipinski definition) is 1. The minimum atomic E-state index is -0.887.